The third-order valence-electron chi connectivity index (χ3n) is 2.81. The Morgan fingerprint density at radius 3 is 3.07 bits per heavy atom. The van der Waals surface area contributed by atoms with Gasteiger partial charge in [0.25, 0.3) is 0 Å². The topological polar surface area (TPSA) is 65.9 Å². The highest BCUT2D eigenvalue weighted by molar-refractivity contribution is 5.39. The zero-order valence-electron chi connectivity index (χ0n) is 8.50. The van der Waals surface area contributed by atoms with Crippen LogP contribution in [-0.4, -0.2) is 24.1 Å². The van der Waals surface area contributed by atoms with Gasteiger partial charge in [-0.05, 0) is 18.6 Å². The molecule has 4 nitrogen and oxygen atoms in total. The van der Waals surface area contributed by atoms with Crippen LogP contribution in [0.25, 0.3) is 0 Å². The Hall–Kier alpha value is -1.60. The SMILES string of the molecule is N#CC1CN(c2ccccn2)CCC1N. The van der Waals surface area contributed by atoms with Crippen LogP contribution in [0.2, 0.25) is 0 Å². The minimum atomic E-state index is -0.0826. The first-order chi connectivity index (χ1) is 7.31. The summed E-state index contributed by atoms with van der Waals surface area (Å²) in [6.07, 6.45) is 2.63. The fourth-order valence-electron chi connectivity index (χ4n) is 1.86. The maximum atomic E-state index is 8.95. The number of anilines is 1. The predicted molar refractivity (Wildman–Crippen MR) is 58.1 cm³/mol. The highest BCUT2D eigenvalue weighted by atomic mass is 15.2. The van der Waals surface area contributed by atoms with Gasteiger partial charge in [-0.1, -0.05) is 6.07 Å². The lowest BCUT2D eigenvalue weighted by Gasteiger charge is -2.34. The van der Waals surface area contributed by atoms with E-state index in [4.69, 9.17) is 11.0 Å². The molecule has 1 fully saturated rings. The number of hydrogen-bond acceptors (Lipinski definition) is 4. The molecule has 1 aromatic rings. The fourth-order valence-corrected chi connectivity index (χ4v) is 1.86. The van der Waals surface area contributed by atoms with E-state index in [0.717, 1.165) is 18.8 Å². The van der Waals surface area contributed by atoms with Crippen molar-refractivity contribution in [3.8, 4) is 6.07 Å². The zero-order valence-corrected chi connectivity index (χ0v) is 8.50. The molecule has 2 rings (SSSR count). The normalized spacial score (nSPS) is 26.0. The lowest BCUT2D eigenvalue weighted by molar-refractivity contribution is 0.422. The van der Waals surface area contributed by atoms with Crippen LogP contribution in [0.4, 0.5) is 5.82 Å². The van der Waals surface area contributed by atoms with Crippen LogP contribution in [0.15, 0.2) is 24.4 Å². The van der Waals surface area contributed by atoms with Crippen molar-refractivity contribution in [2.75, 3.05) is 18.0 Å². The number of aromatic nitrogens is 1. The van der Waals surface area contributed by atoms with Crippen molar-refractivity contribution in [3.63, 3.8) is 0 Å². The van der Waals surface area contributed by atoms with E-state index in [1.165, 1.54) is 0 Å². The Kier molecular flexibility index (Phi) is 2.84. The van der Waals surface area contributed by atoms with E-state index in [9.17, 15) is 0 Å². The standard InChI is InChI=1S/C11H14N4/c12-7-9-8-15(6-4-10(9)13)11-3-1-2-5-14-11/h1-3,5,9-10H,4,6,8,13H2. The van der Waals surface area contributed by atoms with Gasteiger partial charge in [0, 0.05) is 25.3 Å². The summed E-state index contributed by atoms with van der Waals surface area (Å²) in [7, 11) is 0. The van der Waals surface area contributed by atoms with Crippen LogP contribution in [0.3, 0.4) is 0 Å². The minimum absolute atomic E-state index is 0.00922. The third kappa shape index (κ3) is 2.08. The largest absolute Gasteiger partial charge is 0.355 e. The van der Waals surface area contributed by atoms with E-state index in [0.29, 0.717) is 6.54 Å². The van der Waals surface area contributed by atoms with Crippen molar-refractivity contribution in [3.05, 3.63) is 24.4 Å². The van der Waals surface area contributed by atoms with Gasteiger partial charge in [-0.2, -0.15) is 5.26 Å². The van der Waals surface area contributed by atoms with Gasteiger partial charge in [0.2, 0.25) is 0 Å². The van der Waals surface area contributed by atoms with Gasteiger partial charge in [0.05, 0.1) is 12.0 Å². The summed E-state index contributed by atoms with van der Waals surface area (Å²) in [6.45, 7) is 1.57. The predicted octanol–water partition coefficient (Wildman–Crippen LogP) is 0.759. The Labute approximate surface area is 89.3 Å². The lowest BCUT2D eigenvalue weighted by Crippen LogP contribution is -2.46. The van der Waals surface area contributed by atoms with Crippen LogP contribution in [-0.2, 0) is 0 Å². The molecule has 0 spiro atoms. The minimum Gasteiger partial charge on any atom is -0.355 e. The monoisotopic (exact) mass is 202 g/mol. The maximum Gasteiger partial charge on any atom is 0.128 e. The van der Waals surface area contributed by atoms with Gasteiger partial charge in [-0.15, -0.1) is 0 Å². The van der Waals surface area contributed by atoms with Gasteiger partial charge in [0.1, 0.15) is 5.82 Å². The van der Waals surface area contributed by atoms with E-state index in [1.807, 2.05) is 18.2 Å². The fraction of sp³-hybridized carbons (Fsp3) is 0.455. The van der Waals surface area contributed by atoms with Crippen LogP contribution >= 0.6 is 0 Å². The Morgan fingerprint density at radius 1 is 1.53 bits per heavy atom. The Balaban J connectivity index is 2.10. The Morgan fingerprint density at radius 2 is 2.40 bits per heavy atom. The van der Waals surface area contributed by atoms with Crippen molar-refractivity contribution >= 4 is 5.82 Å². The Bertz CT molecular complexity index is 357. The van der Waals surface area contributed by atoms with Gasteiger partial charge in [0.15, 0.2) is 0 Å². The molecule has 1 aliphatic heterocycles. The summed E-state index contributed by atoms with van der Waals surface area (Å²) in [5, 5.41) is 8.95. The molecule has 1 aliphatic rings. The van der Waals surface area contributed by atoms with Gasteiger partial charge < -0.3 is 10.6 Å². The molecule has 78 valence electrons. The average Bonchev–Trinajstić information content (AvgIpc) is 2.31. The van der Waals surface area contributed by atoms with Gasteiger partial charge in [-0.25, -0.2) is 4.98 Å². The zero-order chi connectivity index (χ0) is 10.7. The highest BCUT2D eigenvalue weighted by Crippen LogP contribution is 2.19. The summed E-state index contributed by atoms with van der Waals surface area (Å²) in [6, 6.07) is 8.08. The molecule has 4 heteroatoms. The summed E-state index contributed by atoms with van der Waals surface area (Å²) in [4.78, 5) is 6.39. The second kappa shape index (κ2) is 4.28. The van der Waals surface area contributed by atoms with E-state index >= 15 is 0 Å². The van der Waals surface area contributed by atoms with Crippen molar-refractivity contribution in [2.45, 2.75) is 12.5 Å². The number of nitrogens with two attached hydrogens (primary N) is 1. The molecule has 1 saturated heterocycles. The molecule has 2 heterocycles. The molecule has 2 N–H and O–H groups in total. The lowest BCUT2D eigenvalue weighted by atomic mass is 9.94. The van der Waals surface area contributed by atoms with Crippen LogP contribution in [0.5, 0.6) is 0 Å². The summed E-state index contributed by atoms with van der Waals surface area (Å²) < 4.78 is 0. The van der Waals surface area contributed by atoms with Crippen LogP contribution in [0, 0.1) is 17.2 Å². The second-order valence-corrected chi connectivity index (χ2v) is 3.82. The van der Waals surface area contributed by atoms with Crippen molar-refractivity contribution in [2.24, 2.45) is 11.7 Å². The van der Waals surface area contributed by atoms with Crippen LogP contribution < -0.4 is 10.6 Å². The molecular formula is C11H14N4. The first-order valence-electron chi connectivity index (χ1n) is 5.12. The first-order valence-corrected chi connectivity index (χ1v) is 5.12. The summed E-state index contributed by atoms with van der Waals surface area (Å²) >= 11 is 0. The molecule has 2 unspecified atom stereocenters. The summed E-state index contributed by atoms with van der Waals surface area (Å²) in [5.74, 6) is 0.852. The molecule has 1 aromatic heterocycles. The second-order valence-electron chi connectivity index (χ2n) is 3.82. The van der Waals surface area contributed by atoms with Crippen LogP contribution in [0.1, 0.15) is 6.42 Å². The number of hydrogen-bond donors (Lipinski definition) is 1. The van der Waals surface area contributed by atoms with E-state index in [-0.39, 0.29) is 12.0 Å². The number of rotatable bonds is 1. The number of nitriles is 1. The first kappa shape index (κ1) is 9.94. The number of nitrogens with zero attached hydrogens (tertiary/aromatic N) is 3. The van der Waals surface area contributed by atoms with Crippen molar-refractivity contribution in [1.29, 1.82) is 5.26 Å². The summed E-state index contributed by atoms with van der Waals surface area (Å²) in [5.41, 5.74) is 5.86. The average molecular weight is 202 g/mol. The molecule has 0 bridgehead atoms. The van der Waals surface area contributed by atoms with Gasteiger partial charge in [-0.3, -0.25) is 0 Å². The molecule has 0 radical (unpaired) electrons. The molecule has 15 heavy (non-hydrogen) atoms. The molecule has 0 amide bonds. The van der Waals surface area contributed by atoms with Crippen molar-refractivity contribution < 1.29 is 0 Å². The third-order valence-corrected chi connectivity index (χ3v) is 2.81. The molecular weight excluding hydrogens is 188 g/mol. The quantitative estimate of drug-likeness (QED) is 0.730. The molecule has 0 aliphatic carbocycles. The molecule has 0 aromatic carbocycles. The maximum absolute atomic E-state index is 8.95. The molecule has 0 saturated carbocycles. The van der Waals surface area contributed by atoms with E-state index in [2.05, 4.69) is 16.0 Å². The highest BCUT2D eigenvalue weighted by Gasteiger charge is 2.26. The van der Waals surface area contributed by atoms with Crippen molar-refractivity contribution in [1.82, 2.24) is 4.98 Å². The molecule has 2 atom stereocenters. The van der Waals surface area contributed by atoms with Gasteiger partial charge >= 0.3 is 0 Å². The van der Waals surface area contributed by atoms with E-state index in [1.54, 1.807) is 6.20 Å². The number of pyridine rings is 1. The number of piperidine rings is 1. The van der Waals surface area contributed by atoms with E-state index < -0.39 is 0 Å². The smallest absolute Gasteiger partial charge is 0.128 e.